The maximum absolute atomic E-state index is 13.9. The van der Waals surface area contributed by atoms with Crippen molar-refractivity contribution in [2.75, 3.05) is 17.6 Å². The number of methoxy groups -OCH3 is 1. The van der Waals surface area contributed by atoms with Crippen molar-refractivity contribution in [3.63, 3.8) is 0 Å². The SMILES string of the molecule is CCCS(=O)(=O)Nc1cc2oc(-c3ccc(F)cc3)c(-c3ncc[nH]3)c2cc1-c1ccc(OC)c(C(=O)NC2(c3ncccn3)CC2)c1. The summed E-state index contributed by atoms with van der Waals surface area (Å²) >= 11 is 0. The molecule has 0 radical (unpaired) electrons. The minimum absolute atomic E-state index is 0.0962. The van der Waals surface area contributed by atoms with E-state index < -0.39 is 21.4 Å². The summed E-state index contributed by atoms with van der Waals surface area (Å²) < 4.78 is 54.7. The third-order valence-electron chi connectivity index (χ3n) is 8.26. The quantitative estimate of drug-likeness (QED) is 0.139. The summed E-state index contributed by atoms with van der Waals surface area (Å²) in [6, 6.07) is 16.1. The number of H-pyrrole nitrogens is 1. The van der Waals surface area contributed by atoms with Gasteiger partial charge in [0.25, 0.3) is 5.91 Å². The van der Waals surface area contributed by atoms with Crippen LogP contribution in [0.15, 0.2) is 89.9 Å². The fourth-order valence-electron chi connectivity index (χ4n) is 5.81. The van der Waals surface area contributed by atoms with Crippen LogP contribution >= 0.6 is 0 Å². The van der Waals surface area contributed by atoms with E-state index >= 15 is 0 Å². The predicted octanol–water partition coefficient (Wildman–Crippen LogP) is 6.67. The van der Waals surface area contributed by atoms with Crippen molar-refractivity contribution < 1.29 is 26.8 Å². The van der Waals surface area contributed by atoms with E-state index in [2.05, 4.69) is 30.0 Å². The van der Waals surface area contributed by atoms with Gasteiger partial charge in [0.1, 0.15) is 34.3 Å². The Morgan fingerprint density at radius 3 is 2.44 bits per heavy atom. The smallest absolute Gasteiger partial charge is 0.255 e. The number of ether oxygens (including phenoxy) is 1. The lowest BCUT2D eigenvalue weighted by molar-refractivity contribution is 0.0925. The van der Waals surface area contributed by atoms with Crippen LogP contribution < -0.4 is 14.8 Å². The average Bonchev–Trinajstić information content (AvgIpc) is 3.48. The molecule has 11 nitrogen and oxygen atoms in total. The third-order valence-corrected chi connectivity index (χ3v) is 9.74. The number of imidazole rings is 1. The summed E-state index contributed by atoms with van der Waals surface area (Å²) in [6.07, 6.45) is 8.36. The van der Waals surface area contributed by atoms with Crippen molar-refractivity contribution in [3.8, 4) is 39.6 Å². The van der Waals surface area contributed by atoms with Crippen molar-refractivity contribution >= 4 is 32.6 Å². The number of carbonyl (C=O) groups excluding carboxylic acids is 1. The highest BCUT2D eigenvalue weighted by atomic mass is 32.2. The summed E-state index contributed by atoms with van der Waals surface area (Å²) in [4.78, 5) is 30.1. The number of anilines is 1. The van der Waals surface area contributed by atoms with Crippen LogP contribution in [0, 0.1) is 5.82 Å². The Bertz CT molecular complexity index is 2230. The fourth-order valence-corrected chi connectivity index (χ4v) is 6.95. The van der Waals surface area contributed by atoms with Gasteiger partial charge in [-0.15, -0.1) is 0 Å². The lowest BCUT2D eigenvalue weighted by Crippen LogP contribution is -2.36. The Morgan fingerprint density at radius 1 is 1.02 bits per heavy atom. The number of halogens is 1. The van der Waals surface area contributed by atoms with Crippen LogP contribution in [0.4, 0.5) is 10.1 Å². The Balaban J connectivity index is 1.40. The highest BCUT2D eigenvalue weighted by molar-refractivity contribution is 7.92. The van der Waals surface area contributed by atoms with Crippen LogP contribution in [0.3, 0.4) is 0 Å². The average molecular weight is 667 g/mol. The number of hydrogen-bond donors (Lipinski definition) is 3. The first-order valence-electron chi connectivity index (χ1n) is 15.4. The minimum atomic E-state index is -3.74. The van der Waals surface area contributed by atoms with Gasteiger partial charge in [-0.3, -0.25) is 9.52 Å². The number of hydrogen-bond acceptors (Lipinski definition) is 8. The number of nitrogens with one attached hydrogen (secondary N) is 3. The van der Waals surface area contributed by atoms with Gasteiger partial charge in [-0.1, -0.05) is 13.0 Å². The van der Waals surface area contributed by atoms with Gasteiger partial charge in [0.2, 0.25) is 10.0 Å². The molecule has 48 heavy (non-hydrogen) atoms. The van der Waals surface area contributed by atoms with E-state index in [1.165, 1.54) is 19.2 Å². The molecule has 0 atom stereocenters. The number of aromatic amines is 1. The molecule has 0 aliphatic heterocycles. The molecule has 6 aromatic rings. The third kappa shape index (κ3) is 5.88. The van der Waals surface area contributed by atoms with Gasteiger partial charge in [0.15, 0.2) is 5.82 Å². The highest BCUT2D eigenvalue weighted by Gasteiger charge is 2.48. The molecule has 244 valence electrons. The molecule has 13 heteroatoms. The second kappa shape index (κ2) is 12.2. The Morgan fingerprint density at radius 2 is 1.77 bits per heavy atom. The maximum Gasteiger partial charge on any atom is 0.255 e. The predicted molar refractivity (Wildman–Crippen MR) is 179 cm³/mol. The summed E-state index contributed by atoms with van der Waals surface area (Å²) in [6.45, 7) is 1.78. The van der Waals surface area contributed by atoms with E-state index in [0.717, 1.165) is 0 Å². The molecular formula is C35H31FN6O5S. The number of amides is 1. The van der Waals surface area contributed by atoms with Crippen LogP contribution in [0.2, 0.25) is 0 Å². The molecule has 0 spiro atoms. The molecular weight excluding hydrogens is 635 g/mol. The molecule has 1 aliphatic carbocycles. The van der Waals surface area contributed by atoms with Crippen LogP contribution in [-0.4, -0.2) is 47.1 Å². The molecule has 0 saturated heterocycles. The van der Waals surface area contributed by atoms with Crippen molar-refractivity contribution in [1.29, 1.82) is 0 Å². The maximum atomic E-state index is 13.9. The van der Waals surface area contributed by atoms with Gasteiger partial charge in [-0.2, -0.15) is 0 Å². The summed E-state index contributed by atoms with van der Waals surface area (Å²) in [5, 5.41) is 3.72. The zero-order valence-corrected chi connectivity index (χ0v) is 26.9. The zero-order chi connectivity index (χ0) is 33.5. The fraction of sp³-hybridized carbons (Fsp3) is 0.200. The topological polar surface area (TPSA) is 152 Å². The van der Waals surface area contributed by atoms with Crippen LogP contribution in [0.1, 0.15) is 42.4 Å². The van der Waals surface area contributed by atoms with Crippen molar-refractivity contribution in [1.82, 2.24) is 25.3 Å². The Hall–Kier alpha value is -5.56. The van der Waals surface area contributed by atoms with Crippen molar-refractivity contribution in [2.24, 2.45) is 0 Å². The molecule has 3 heterocycles. The van der Waals surface area contributed by atoms with Crippen LogP contribution in [-0.2, 0) is 15.6 Å². The number of rotatable bonds is 11. The van der Waals surface area contributed by atoms with E-state index in [-0.39, 0.29) is 22.9 Å². The molecule has 3 aromatic carbocycles. The standard InChI is InChI=1S/C35H31FN6O5S/c1-3-17-48(44,45)42-27-20-29-25(30(32-37-15-16-38-32)31(47-29)21-5-8-23(36)9-6-21)19-24(27)22-7-10-28(46-2)26(18-22)33(43)41-35(11-12-35)34-39-13-4-14-40-34/h4-10,13-16,18-20,42H,3,11-12,17H2,1-2H3,(H,37,38)(H,41,43). The van der Waals surface area contributed by atoms with Crippen molar-refractivity contribution in [2.45, 2.75) is 31.7 Å². The number of fused-ring (bicyclic) bond motifs is 1. The number of nitrogens with zero attached hydrogens (tertiary/aromatic N) is 3. The first-order chi connectivity index (χ1) is 23.2. The van der Waals surface area contributed by atoms with Crippen LogP contribution in [0.25, 0.3) is 44.8 Å². The molecule has 1 aliphatic rings. The summed E-state index contributed by atoms with van der Waals surface area (Å²) in [7, 11) is -2.26. The number of furan rings is 1. The normalized spacial score (nSPS) is 13.7. The second-order valence-corrected chi connectivity index (χ2v) is 13.4. The van der Waals surface area contributed by atoms with Crippen LogP contribution in [0.5, 0.6) is 5.75 Å². The number of aromatic nitrogens is 4. The Kier molecular flexibility index (Phi) is 7.91. The van der Waals surface area contributed by atoms with Gasteiger partial charge < -0.3 is 19.5 Å². The van der Waals surface area contributed by atoms with Crippen molar-refractivity contribution in [3.05, 3.63) is 103 Å². The van der Waals surface area contributed by atoms with E-state index in [9.17, 15) is 17.6 Å². The first kappa shape index (κ1) is 31.1. The van der Waals surface area contributed by atoms with Gasteiger partial charge in [0.05, 0.1) is 29.7 Å². The van der Waals surface area contributed by atoms with Gasteiger partial charge in [-0.25, -0.2) is 27.8 Å². The second-order valence-electron chi connectivity index (χ2n) is 11.6. The number of sulfonamides is 1. The van der Waals surface area contributed by atoms with Gasteiger partial charge in [0, 0.05) is 47.4 Å². The molecule has 0 unspecified atom stereocenters. The molecule has 3 N–H and O–H groups in total. The van der Waals surface area contributed by atoms with E-state index in [1.54, 1.807) is 80.2 Å². The monoisotopic (exact) mass is 666 g/mol. The highest BCUT2D eigenvalue weighted by Crippen LogP contribution is 2.46. The first-order valence-corrected chi connectivity index (χ1v) is 17.0. The summed E-state index contributed by atoms with van der Waals surface area (Å²) in [5.74, 6) is 0.931. The van der Waals surface area contributed by atoms with E-state index in [0.29, 0.717) is 75.6 Å². The molecule has 1 amide bonds. The lowest BCUT2D eigenvalue weighted by atomic mass is 9.97. The lowest BCUT2D eigenvalue weighted by Gasteiger charge is -2.18. The minimum Gasteiger partial charge on any atom is -0.496 e. The van der Waals surface area contributed by atoms with Gasteiger partial charge in [-0.05, 0) is 73.4 Å². The summed E-state index contributed by atoms with van der Waals surface area (Å²) in [5.41, 5.74) is 2.47. The molecule has 0 bridgehead atoms. The molecule has 1 saturated carbocycles. The Labute approximate surface area is 275 Å². The zero-order valence-electron chi connectivity index (χ0n) is 26.1. The van der Waals surface area contributed by atoms with E-state index in [4.69, 9.17) is 9.15 Å². The molecule has 1 fully saturated rings. The largest absolute Gasteiger partial charge is 0.496 e. The van der Waals surface area contributed by atoms with Gasteiger partial charge >= 0.3 is 0 Å². The number of benzene rings is 3. The molecule has 3 aromatic heterocycles. The van der Waals surface area contributed by atoms with E-state index in [1.807, 2.05) is 0 Å². The molecule has 7 rings (SSSR count). The number of carbonyl (C=O) groups is 1.